The molecule has 0 spiro atoms. The van der Waals surface area contributed by atoms with E-state index in [0.717, 1.165) is 0 Å². The minimum atomic E-state index is -1.05. The van der Waals surface area contributed by atoms with Gasteiger partial charge in [0.05, 0.1) is 0 Å². The van der Waals surface area contributed by atoms with Gasteiger partial charge < -0.3 is 15.2 Å². The molecule has 5 nitrogen and oxygen atoms in total. The maximum absolute atomic E-state index is 12.0. The molecule has 6 heteroatoms. The maximum atomic E-state index is 12.0. The van der Waals surface area contributed by atoms with Crippen molar-refractivity contribution in [1.82, 2.24) is 0 Å². The van der Waals surface area contributed by atoms with Gasteiger partial charge in [-0.25, -0.2) is 4.79 Å². The lowest BCUT2D eigenvalue weighted by atomic mass is 10.2. The highest BCUT2D eigenvalue weighted by atomic mass is 35.5. The van der Waals surface area contributed by atoms with Crippen molar-refractivity contribution >= 4 is 29.2 Å². The molecule has 2 aromatic carbocycles. The van der Waals surface area contributed by atoms with Crippen molar-refractivity contribution in [2.24, 2.45) is 0 Å². The fourth-order valence-electron chi connectivity index (χ4n) is 1.61. The molecular weight excluding hydrogens is 294 g/mol. The average Bonchev–Trinajstić information content (AvgIpc) is 2.46. The molecule has 0 bridgehead atoms. The minimum absolute atomic E-state index is 0.281. The molecule has 0 aliphatic carbocycles. The summed E-state index contributed by atoms with van der Waals surface area (Å²) < 4.78 is 5.00. The lowest BCUT2D eigenvalue weighted by Crippen LogP contribution is -2.12. The molecule has 0 aliphatic heterocycles. The summed E-state index contributed by atoms with van der Waals surface area (Å²) in [4.78, 5) is 22.4. The standard InChI is InChI=1S/C15H12ClNO4/c16-11-3-1-2-10(8-11)15(20)17-12-4-6-13(7-5-12)21-9-14(18)19/h1-8H,9H2,(H,17,20)(H,18,19). The van der Waals surface area contributed by atoms with Crippen LogP contribution in [0.3, 0.4) is 0 Å². The number of halogens is 1. The van der Waals surface area contributed by atoms with E-state index in [-0.39, 0.29) is 5.91 Å². The zero-order valence-electron chi connectivity index (χ0n) is 10.9. The Morgan fingerprint density at radius 3 is 2.48 bits per heavy atom. The first-order chi connectivity index (χ1) is 10.0. The number of hydrogen-bond acceptors (Lipinski definition) is 3. The predicted octanol–water partition coefficient (Wildman–Crippen LogP) is 3.06. The zero-order valence-corrected chi connectivity index (χ0v) is 11.6. The molecule has 2 aromatic rings. The Kier molecular flexibility index (Phi) is 4.79. The van der Waals surface area contributed by atoms with Gasteiger partial charge in [-0.3, -0.25) is 4.79 Å². The number of carboxylic acid groups (broad SMARTS) is 1. The van der Waals surface area contributed by atoms with E-state index in [9.17, 15) is 9.59 Å². The largest absolute Gasteiger partial charge is 0.482 e. The normalized spacial score (nSPS) is 9.95. The molecule has 0 radical (unpaired) electrons. The van der Waals surface area contributed by atoms with Gasteiger partial charge in [0.1, 0.15) is 5.75 Å². The van der Waals surface area contributed by atoms with E-state index < -0.39 is 12.6 Å². The van der Waals surface area contributed by atoms with Crippen LogP contribution in [0.4, 0.5) is 5.69 Å². The Balaban J connectivity index is 2.00. The second-order valence-electron chi connectivity index (χ2n) is 4.17. The van der Waals surface area contributed by atoms with E-state index in [0.29, 0.717) is 22.0 Å². The quantitative estimate of drug-likeness (QED) is 0.890. The first-order valence-corrected chi connectivity index (χ1v) is 6.44. The van der Waals surface area contributed by atoms with Crippen LogP contribution in [0.15, 0.2) is 48.5 Å². The van der Waals surface area contributed by atoms with Crippen molar-refractivity contribution in [3.63, 3.8) is 0 Å². The lowest BCUT2D eigenvalue weighted by Gasteiger charge is -2.07. The first kappa shape index (κ1) is 14.9. The fourth-order valence-corrected chi connectivity index (χ4v) is 1.80. The number of rotatable bonds is 5. The first-order valence-electron chi connectivity index (χ1n) is 6.06. The highest BCUT2D eigenvalue weighted by Gasteiger charge is 2.06. The summed E-state index contributed by atoms with van der Waals surface area (Å²) in [6, 6.07) is 13.0. The van der Waals surface area contributed by atoms with Gasteiger partial charge in [0.25, 0.3) is 5.91 Å². The third-order valence-corrected chi connectivity index (χ3v) is 2.80. The van der Waals surface area contributed by atoms with Crippen molar-refractivity contribution in [2.75, 3.05) is 11.9 Å². The molecule has 0 heterocycles. The Morgan fingerprint density at radius 2 is 1.86 bits per heavy atom. The molecule has 21 heavy (non-hydrogen) atoms. The van der Waals surface area contributed by atoms with Crippen LogP contribution in [0.1, 0.15) is 10.4 Å². The van der Waals surface area contributed by atoms with Crippen molar-refractivity contribution in [2.45, 2.75) is 0 Å². The number of benzene rings is 2. The lowest BCUT2D eigenvalue weighted by molar-refractivity contribution is -0.139. The van der Waals surface area contributed by atoms with E-state index in [1.54, 1.807) is 48.5 Å². The summed E-state index contributed by atoms with van der Waals surface area (Å²) in [7, 11) is 0. The van der Waals surface area contributed by atoms with E-state index in [1.807, 2.05) is 0 Å². The molecule has 0 saturated carbocycles. The van der Waals surface area contributed by atoms with E-state index in [1.165, 1.54) is 0 Å². The van der Waals surface area contributed by atoms with Crippen molar-refractivity contribution in [3.05, 3.63) is 59.1 Å². The van der Waals surface area contributed by atoms with Crippen LogP contribution in [0.5, 0.6) is 5.75 Å². The van der Waals surface area contributed by atoms with Crippen molar-refractivity contribution < 1.29 is 19.4 Å². The van der Waals surface area contributed by atoms with E-state index >= 15 is 0 Å². The summed E-state index contributed by atoms with van der Waals surface area (Å²) in [6.07, 6.45) is 0. The van der Waals surface area contributed by atoms with Gasteiger partial charge in [-0.2, -0.15) is 0 Å². The molecule has 0 atom stereocenters. The van der Waals surface area contributed by atoms with Crippen LogP contribution >= 0.6 is 11.6 Å². The van der Waals surface area contributed by atoms with Gasteiger partial charge in [0, 0.05) is 16.3 Å². The van der Waals surface area contributed by atoms with Crippen LogP contribution < -0.4 is 10.1 Å². The second kappa shape index (κ2) is 6.76. The summed E-state index contributed by atoms with van der Waals surface area (Å²) in [5, 5.41) is 11.7. The van der Waals surface area contributed by atoms with Gasteiger partial charge in [0.2, 0.25) is 0 Å². The summed E-state index contributed by atoms with van der Waals surface area (Å²) in [6.45, 7) is -0.409. The average molecular weight is 306 g/mol. The van der Waals surface area contributed by atoms with Crippen LogP contribution in [0, 0.1) is 0 Å². The fraction of sp³-hybridized carbons (Fsp3) is 0.0667. The number of nitrogens with one attached hydrogen (secondary N) is 1. The molecule has 0 aromatic heterocycles. The number of hydrogen-bond donors (Lipinski definition) is 2. The Hall–Kier alpha value is -2.53. The molecule has 0 aliphatic rings. The van der Waals surface area contributed by atoms with Crippen LogP contribution in [-0.2, 0) is 4.79 Å². The third kappa shape index (κ3) is 4.50. The molecule has 0 fully saturated rings. The molecule has 108 valence electrons. The highest BCUT2D eigenvalue weighted by Crippen LogP contribution is 2.17. The molecule has 0 saturated heterocycles. The minimum Gasteiger partial charge on any atom is -0.482 e. The van der Waals surface area contributed by atoms with Gasteiger partial charge in [-0.1, -0.05) is 17.7 Å². The summed E-state index contributed by atoms with van der Waals surface area (Å²) >= 11 is 5.83. The van der Waals surface area contributed by atoms with Gasteiger partial charge in [-0.15, -0.1) is 0 Å². The zero-order chi connectivity index (χ0) is 15.2. The number of ether oxygens (including phenoxy) is 1. The molecular formula is C15H12ClNO4. The van der Waals surface area contributed by atoms with Gasteiger partial charge in [-0.05, 0) is 42.5 Å². The second-order valence-corrected chi connectivity index (χ2v) is 4.61. The molecule has 1 amide bonds. The molecule has 0 unspecified atom stereocenters. The number of aliphatic carboxylic acids is 1. The van der Waals surface area contributed by atoms with Gasteiger partial charge in [0.15, 0.2) is 6.61 Å². The maximum Gasteiger partial charge on any atom is 0.341 e. The van der Waals surface area contributed by atoms with Crippen LogP contribution in [0.2, 0.25) is 5.02 Å². The number of carboxylic acids is 1. The van der Waals surface area contributed by atoms with Crippen LogP contribution in [0.25, 0.3) is 0 Å². The molecule has 2 rings (SSSR count). The van der Waals surface area contributed by atoms with E-state index in [2.05, 4.69) is 5.32 Å². The number of carbonyl (C=O) groups is 2. The van der Waals surface area contributed by atoms with Gasteiger partial charge >= 0.3 is 5.97 Å². The number of amides is 1. The number of carbonyl (C=O) groups excluding carboxylic acids is 1. The van der Waals surface area contributed by atoms with Crippen molar-refractivity contribution in [3.8, 4) is 5.75 Å². The third-order valence-electron chi connectivity index (χ3n) is 2.56. The highest BCUT2D eigenvalue weighted by molar-refractivity contribution is 6.31. The predicted molar refractivity (Wildman–Crippen MR) is 79.0 cm³/mol. The smallest absolute Gasteiger partial charge is 0.341 e. The Labute approximate surface area is 126 Å². The summed E-state index contributed by atoms with van der Waals surface area (Å²) in [5.74, 6) is -0.914. The summed E-state index contributed by atoms with van der Waals surface area (Å²) in [5.41, 5.74) is 1.02. The SMILES string of the molecule is O=C(O)COc1ccc(NC(=O)c2cccc(Cl)c2)cc1. The topological polar surface area (TPSA) is 75.6 Å². The van der Waals surface area contributed by atoms with Crippen LogP contribution in [-0.4, -0.2) is 23.6 Å². The van der Waals surface area contributed by atoms with E-state index in [4.69, 9.17) is 21.4 Å². The molecule has 2 N–H and O–H groups in total. The Morgan fingerprint density at radius 1 is 1.14 bits per heavy atom. The van der Waals surface area contributed by atoms with Crippen molar-refractivity contribution in [1.29, 1.82) is 0 Å². The Bertz CT molecular complexity index is 655. The monoisotopic (exact) mass is 305 g/mol. The number of anilines is 1.